The van der Waals surface area contributed by atoms with Gasteiger partial charge in [0.2, 0.25) is 5.88 Å². The molecular weight excluding hydrogens is 363 g/mol. The minimum absolute atomic E-state index is 0.281. The first-order valence-corrected chi connectivity index (χ1v) is 9.34. The molecule has 1 aliphatic rings. The van der Waals surface area contributed by atoms with Crippen LogP contribution in [-0.4, -0.2) is 58.8 Å². The van der Waals surface area contributed by atoms with Gasteiger partial charge in [-0.25, -0.2) is 14.4 Å². The van der Waals surface area contributed by atoms with Crippen molar-refractivity contribution in [2.24, 2.45) is 0 Å². The van der Waals surface area contributed by atoms with Crippen molar-refractivity contribution in [1.82, 2.24) is 24.7 Å². The average molecular weight is 386 g/mol. The summed E-state index contributed by atoms with van der Waals surface area (Å²) in [5, 5.41) is 6.82. The maximum atomic E-state index is 13.7. The molecule has 148 valence electrons. The lowest BCUT2D eigenvalue weighted by molar-refractivity contribution is 0.144. The molecule has 9 heteroatoms. The first-order valence-electron chi connectivity index (χ1n) is 9.34. The lowest BCUT2D eigenvalue weighted by Gasteiger charge is -2.24. The number of piperidine rings is 1. The number of nitrogens with zero attached hydrogens (tertiary/aromatic N) is 4. The Hall–Kier alpha value is -2.78. The SMILES string of the molecule is COCCOc1cc(N[C@@H]2CCCNC2)nc(-c2cnc3ccc(F)cn23)n1. The second-order valence-electron chi connectivity index (χ2n) is 6.66. The molecule has 1 fully saturated rings. The molecule has 3 aromatic heterocycles. The number of imidazole rings is 1. The second-order valence-corrected chi connectivity index (χ2v) is 6.66. The van der Waals surface area contributed by atoms with E-state index in [1.54, 1.807) is 29.8 Å². The first-order chi connectivity index (χ1) is 13.7. The number of anilines is 1. The number of nitrogens with one attached hydrogen (secondary N) is 2. The van der Waals surface area contributed by atoms with Crippen molar-refractivity contribution in [2.75, 3.05) is 38.7 Å². The fourth-order valence-electron chi connectivity index (χ4n) is 3.22. The third-order valence-electron chi connectivity index (χ3n) is 4.59. The summed E-state index contributed by atoms with van der Waals surface area (Å²) in [6.07, 6.45) is 5.18. The lowest BCUT2D eigenvalue weighted by Crippen LogP contribution is -2.38. The molecule has 1 atom stereocenters. The van der Waals surface area contributed by atoms with E-state index in [2.05, 4.69) is 25.6 Å². The van der Waals surface area contributed by atoms with Crippen molar-refractivity contribution >= 4 is 11.5 Å². The largest absolute Gasteiger partial charge is 0.475 e. The van der Waals surface area contributed by atoms with Crippen molar-refractivity contribution in [2.45, 2.75) is 18.9 Å². The van der Waals surface area contributed by atoms with E-state index in [4.69, 9.17) is 9.47 Å². The van der Waals surface area contributed by atoms with E-state index >= 15 is 0 Å². The molecule has 0 saturated carbocycles. The first kappa shape index (κ1) is 18.6. The number of halogens is 1. The van der Waals surface area contributed by atoms with Gasteiger partial charge in [-0.15, -0.1) is 0 Å². The summed E-state index contributed by atoms with van der Waals surface area (Å²) in [6.45, 7) is 2.74. The maximum absolute atomic E-state index is 13.7. The number of hydrogen-bond donors (Lipinski definition) is 2. The topological polar surface area (TPSA) is 85.6 Å². The van der Waals surface area contributed by atoms with Crippen LogP contribution in [0.1, 0.15) is 12.8 Å². The predicted molar refractivity (Wildman–Crippen MR) is 103 cm³/mol. The van der Waals surface area contributed by atoms with Crippen LogP contribution in [0.3, 0.4) is 0 Å². The normalized spacial score (nSPS) is 17.0. The molecule has 0 aromatic carbocycles. The van der Waals surface area contributed by atoms with Gasteiger partial charge in [-0.05, 0) is 31.5 Å². The molecule has 1 aliphatic heterocycles. The predicted octanol–water partition coefficient (Wildman–Crippen LogP) is 2.12. The highest BCUT2D eigenvalue weighted by Gasteiger charge is 2.17. The summed E-state index contributed by atoms with van der Waals surface area (Å²) in [5.74, 6) is 1.15. The molecule has 0 amide bonds. The Morgan fingerprint density at radius 3 is 3.07 bits per heavy atom. The molecule has 4 heterocycles. The second kappa shape index (κ2) is 8.49. The zero-order chi connectivity index (χ0) is 19.3. The number of rotatable bonds is 7. The highest BCUT2D eigenvalue weighted by atomic mass is 19.1. The molecule has 4 rings (SSSR count). The van der Waals surface area contributed by atoms with Crippen LogP contribution in [0, 0.1) is 5.82 Å². The van der Waals surface area contributed by atoms with Crippen molar-refractivity contribution in [1.29, 1.82) is 0 Å². The van der Waals surface area contributed by atoms with Crippen LogP contribution in [0.4, 0.5) is 10.2 Å². The van der Waals surface area contributed by atoms with E-state index in [-0.39, 0.29) is 11.9 Å². The van der Waals surface area contributed by atoms with E-state index in [1.165, 1.54) is 12.3 Å². The van der Waals surface area contributed by atoms with E-state index in [0.717, 1.165) is 25.9 Å². The monoisotopic (exact) mass is 386 g/mol. The fourth-order valence-corrected chi connectivity index (χ4v) is 3.22. The Kier molecular flexibility index (Phi) is 5.63. The molecule has 1 saturated heterocycles. The summed E-state index contributed by atoms with van der Waals surface area (Å²) in [6, 6.07) is 5.05. The zero-order valence-electron chi connectivity index (χ0n) is 15.7. The van der Waals surface area contributed by atoms with Crippen LogP contribution in [0.15, 0.2) is 30.6 Å². The lowest BCUT2D eigenvalue weighted by atomic mass is 10.1. The molecule has 0 bridgehead atoms. The molecule has 2 N–H and O–H groups in total. The zero-order valence-corrected chi connectivity index (χ0v) is 15.7. The molecule has 0 radical (unpaired) electrons. The summed E-state index contributed by atoms with van der Waals surface area (Å²) in [5.41, 5.74) is 1.22. The average Bonchev–Trinajstić information content (AvgIpc) is 3.12. The standard InChI is InChI=1S/C19H23FN6O2/c1-27-7-8-28-18-9-16(23-14-3-2-6-21-10-14)24-19(25-18)15-11-22-17-5-4-13(20)12-26(15)17/h4-5,9,11-12,14,21H,2-3,6-8,10H2,1H3,(H,23,24,25)/t14-/m1/s1. The number of hydrogen-bond acceptors (Lipinski definition) is 7. The van der Waals surface area contributed by atoms with Gasteiger partial charge in [-0.3, -0.25) is 4.40 Å². The van der Waals surface area contributed by atoms with E-state index < -0.39 is 0 Å². The van der Waals surface area contributed by atoms with Gasteiger partial charge in [0.1, 0.15) is 29.6 Å². The molecule has 0 unspecified atom stereocenters. The fraction of sp³-hybridized carbons (Fsp3) is 0.421. The maximum Gasteiger partial charge on any atom is 0.219 e. The van der Waals surface area contributed by atoms with Crippen LogP contribution in [0.5, 0.6) is 5.88 Å². The molecule has 28 heavy (non-hydrogen) atoms. The van der Waals surface area contributed by atoms with E-state index in [9.17, 15) is 4.39 Å². The Labute approximate surface area is 162 Å². The molecular formula is C19H23FN6O2. The quantitative estimate of drug-likeness (QED) is 0.602. The van der Waals surface area contributed by atoms with Gasteiger partial charge in [0.15, 0.2) is 5.82 Å². The summed E-state index contributed by atoms with van der Waals surface area (Å²) in [4.78, 5) is 13.4. The van der Waals surface area contributed by atoms with Gasteiger partial charge in [-0.1, -0.05) is 0 Å². The third-order valence-corrected chi connectivity index (χ3v) is 4.59. The smallest absolute Gasteiger partial charge is 0.219 e. The van der Waals surface area contributed by atoms with Crippen LogP contribution in [0.25, 0.3) is 17.2 Å². The van der Waals surface area contributed by atoms with Gasteiger partial charge in [-0.2, -0.15) is 4.98 Å². The highest BCUT2D eigenvalue weighted by molar-refractivity contribution is 5.59. The highest BCUT2D eigenvalue weighted by Crippen LogP contribution is 2.24. The Bertz CT molecular complexity index is 941. The van der Waals surface area contributed by atoms with Crippen LogP contribution >= 0.6 is 0 Å². The number of aromatic nitrogens is 4. The van der Waals surface area contributed by atoms with Gasteiger partial charge in [0.25, 0.3) is 0 Å². The van der Waals surface area contributed by atoms with Gasteiger partial charge >= 0.3 is 0 Å². The van der Waals surface area contributed by atoms with Crippen molar-refractivity contribution in [3.63, 3.8) is 0 Å². The third kappa shape index (κ3) is 4.20. The molecule has 8 nitrogen and oxygen atoms in total. The Morgan fingerprint density at radius 2 is 2.25 bits per heavy atom. The minimum Gasteiger partial charge on any atom is -0.475 e. The van der Waals surface area contributed by atoms with Gasteiger partial charge < -0.3 is 20.1 Å². The van der Waals surface area contributed by atoms with Crippen LogP contribution < -0.4 is 15.4 Å². The Morgan fingerprint density at radius 1 is 1.32 bits per heavy atom. The number of methoxy groups -OCH3 is 1. The van der Waals surface area contributed by atoms with Crippen molar-refractivity contribution in [3.8, 4) is 17.4 Å². The number of ether oxygens (including phenoxy) is 2. The van der Waals surface area contributed by atoms with Crippen molar-refractivity contribution in [3.05, 3.63) is 36.4 Å². The van der Waals surface area contributed by atoms with Gasteiger partial charge in [0.05, 0.1) is 12.8 Å². The van der Waals surface area contributed by atoms with Crippen LogP contribution in [0.2, 0.25) is 0 Å². The summed E-state index contributed by atoms with van der Waals surface area (Å²) in [7, 11) is 1.62. The van der Waals surface area contributed by atoms with E-state index in [1.807, 2.05) is 0 Å². The molecule has 3 aromatic rings. The minimum atomic E-state index is -0.356. The Balaban J connectivity index is 1.68. The van der Waals surface area contributed by atoms with Crippen LogP contribution in [-0.2, 0) is 4.74 Å². The molecule has 0 spiro atoms. The molecule has 0 aliphatic carbocycles. The summed E-state index contributed by atoms with van der Waals surface area (Å²) < 4.78 is 26.1. The number of pyridine rings is 1. The summed E-state index contributed by atoms with van der Waals surface area (Å²) >= 11 is 0. The van der Waals surface area contributed by atoms with E-state index in [0.29, 0.717) is 42.1 Å². The number of fused-ring (bicyclic) bond motifs is 1. The van der Waals surface area contributed by atoms with Gasteiger partial charge in [0, 0.05) is 32.0 Å². The van der Waals surface area contributed by atoms with Crippen molar-refractivity contribution < 1.29 is 13.9 Å².